The molecule has 2 aromatic rings. The Morgan fingerprint density at radius 3 is 2.32 bits per heavy atom. The fourth-order valence-electron chi connectivity index (χ4n) is 3.84. The maximum absolute atomic E-state index is 13.0. The van der Waals surface area contributed by atoms with Gasteiger partial charge in [-0.2, -0.15) is 0 Å². The van der Waals surface area contributed by atoms with Gasteiger partial charge in [-0.25, -0.2) is 0 Å². The second kappa shape index (κ2) is 10.9. The van der Waals surface area contributed by atoms with E-state index in [0.29, 0.717) is 31.1 Å². The van der Waals surface area contributed by atoms with Crippen LogP contribution in [-0.2, 0) is 11.3 Å². The third-order valence-corrected chi connectivity index (χ3v) is 5.71. The van der Waals surface area contributed by atoms with Crippen molar-refractivity contribution in [2.75, 3.05) is 65.5 Å². The highest BCUT2D eigenvalue weighted by Gasteiger charge is 2.22. The smallest absolute Gasteiger partial charge is 0.237 e. The quantitative estimate of drug-likeness (QED) is 0.613. The third-order valence-electron chi connectivity index (χ3n) is 5.71. The first-order chi connectivity index (χ1) is 15.1. The zero-order valence-corrected chi connectivity index (χ0v) is 19.0. The molecule has 31 heavy (non-hydrogen) atoms. The zero-order valence-electron chi connectivity index (χ0n) is 19.0. The topological polar surface area (TPSA) is 54.5 Å². The first kappa shape index (κ1) is 22.7. The predicted molar refractivity (Wildman–Crippen MR) is 122 cm³/mol. The van der Waals surface area contributed by atoms with Crippen LogP contribution in [0.2, 0.25) is 0 Å². The summed E-state index contributed by atoms with van der Waals surface area (Å²) in [4.78, 5) is 19.4. The number of hydrogen-bond donors (Lipinski definition) is 0. The van der Waals surface area contributed by atoms with Crippen molar-refractivity contribution >= 4 is 11.6 Å². The molecule has 3 rings (SSSR count). The molecule has 0 radical (unpaired) electrons. The third kappa shape index (κ3) is 5.82. The predicted octanol–water partition coefficient (Wildman–Crippen LogP) is 2.88. The number of benzene rings is 2. The number of carbonyl (C=O) groups excluding carboxylic acids is 1. The zero-order chi connectivity index (χ0) is 22.2. The molecule has 168 valence electrons. The van der Waals surface area contributed by atoms with Crippen LogP contribution in [0.5, 0.6) is 17.2 Å². The SMILES string of the molecule is CCN(Cc1ccc(OC)c(OC)c1)C(=O)CN1CCN(c2cccc(OC)c2)CC1. The molecule has 0 unspecified atom stereocenters. The summed E-state index contributed by atoms with van der Waals surface area (Å²) in [5.41, 5.74) is 2.18. The minimum Gasteiger partial charge on any atom is -0.497 e. The molecule has 1 heterocycles. The minimum absolute atomic E-state index is 0.145. The molecule has 0 aliphatic carbocycles. The van der Waals surface area contributed by atoms with Gasteiger partial charge in [-0.3, -0.25) is 9.69 Å². The second-order valence-corrected chi connectivity index (χ2v) is 7.56. The molecule has 1 fully saturated rings. The summed E-state index contributed by atoms with van der Waals surface area (Å²) in [6.45, 7) is 7.17. The Balaban J connectivity index is 1.54. The fourth-order valence-corrected chi connectivity index (χ4v) is 3.84. The molecule has 1 aliphatic rings. The van der Waals surface area contributed by atoms with Gasteiger partial charge in [0.15, 0.2) is 11.5 Å². The molecule has 7 nitrogen and oxygen atoms in total. The summed E-state index contributed by atoms with van der Waals surface area (Å²) >= 11 is 0. The number of nitrogens with zero attached hydrogens (tertiary/aromatic N) is 3. The van der Waals surface area contributed by atoms with Crippen LogP contribution in [0, 0.1) is 0 Å². The van der Waals surface area contributed by atoms with Crippen molar-refractivity contribution in [3.8, 4) is 17.2 Å². The van der Waals surface area contributed by atoms with Crippen molar-refractivity contribution in [3.63, 3.8) is 0 Å². The molecule has 0 spiro atoms. The Morgan fingerprint density at radius 1 is 0.935 bits per heavy atom. The maximum atomic E-state index is 13.0. The first-order valence-corrected chi connectivity index (χ1v) is 10.7. The number of rotatable bonds is 9. The normalized spacial score (nSPS) is 14.3. The largest absolute Gasteiger partial charge is 0.497 e. The van der Waals surface area contributed by atoms with Crippen LogP contribution in [0.25, 0.3) is 0 Å². The Bertz CT molecular complexity index is 866. The summed E-state index contributed by atoms with van der Waals surface area (Å²) in [5, 5.41) is 0. The molecule has 1 saturated heterocycles. The van der Waals surface area contributed by atoms with Crippen molar-refractivity contribution in [2.24, 2.45) is 0 Å². The number of likely N-dealkylation sites (N-methyl/N-ethyl adjacent to an activating group) is 1. The van der Waals surface area contributed by atoms with Crippen molar-refractivity contribution < 1.29 is 19.0 Å². The summed E-state index contributed by atoms with van der Waals surface area (Å²) in [6.07, 6.45) is 0. The summed E-state index contributed by atoms with van der Waals surface area (Å²) in [7, 11) is 4.92. The number of piperazine rings is 1. The van der Waals surface area contributed by atoms with Crippen LogP contribution < -0.4 is 19.1 Å². The van der Waals surface area contributed by atoms with Crippen molar-refractivity contribution in [1.29, 1.82) is 0 Å². The monoisotopic (exact) mass is 427 g/mol. The molecule has 7 heteroatoms. The van der Waals surface area contributed by atoms with Crippen LogP contribution in [-0.4, -0.2) is 76.3 Å². The number of methoxy groups -OCH3 is 3. The molecule has 0 bridgehead atoms. The van der Waals surface area contributed by atoms with Gasteiger partial charge in [-0.05, 0) is 36.8 Å². The number of anilines is 1. The van der Waals surface area contributed by atoms with Gasteiger partial charge in [0.05, 0.1) is 27.9 Å². The Morgan fingerprint density at radius 2 is 1.68 bits per heavy atom. The molecule has 1 aliphatic heterocycles. The molecule has 2 aromatic carbocycles. The van der Waals surface area contributed by atoms with E-state index in [0.717, 1.165) is 43.2 Å². The highest BCUT2D eigenvalue weighted by atomic mass is 16.5. The lowest BCUT2D eigenvalue weighted by Crippen LogP contribution is -2.50. The molecule has 1 amide bonds. The van der Waals surface area contributed by atoms with Gasteiger partial charge in [0.25, 0.3) is 0 Å². The average molecular weight is 428 g/mol. The first-order valence-electron chi connectivity index (χ1n) is 10.7. The number of hydrogen-bond acceptors (Lipinski definition) is 6. The summed E-state index contributed by atoms with van der Waals surface area (Å²) < 4.78 is 16.0. The Hall–Kier alpha value is -2.93. The standard InChI is InChI=1S/C24H33N3O4/c1-5-26(17-19-9-10-22(30-3)23(15-19)31-4)24(28)18-25-11-13-27(14-12-25)20-7-6-8-21(16-20)29-2/h6-10,15-16H,5,11-14,17-18H2,1-4H3. The maximum Gasteiger partial charge on any atom is 0.237 e. The van der Waals surface area contributed by atoms with Crippen LogP contribution in [0.3, 0.4) is 0 Å². The van der Waals surface area contributed by atoms with E-state index in [1.54, 1.807) is 21.3 Å². The lowest BCUT2D eigenvalue weighted by molar-refractivity contribution is -0.132. The molecule has 0 N–H and O–H groups in total. The Kier molecular flexibility index (Phi) is 8.00. The van der Waals surface area contributed by atoms with Crippen molar-refractivity contribution in [2.45, 2.75) is 13.5 Å². The summed E-state index contributed by atoms with van der Waals surface area (Å²) in [6, 6.07) is 13.9. The van der Waals surface area contributed by atoms with Crippen LogP contribution in [0.4, 0.5) is 5.69 Å². The van der Waals surface area contributed by atoms with E-state index in [1.165, 1.54) is 0 Å². The van der Waals surface area contributed by atoms with Gasteiger partial charge >= 0.3 is 0 Å². The molecular formula is C24H33N3O4. The van der Waals surface area contributed by atoms with Crippen LogP contribution >= 0.6 is 0 Å². The van der Waals surface area contributed by atoms with Crippen molar-refractivity contribution in [3.05, 3.63) is 48.0 Å². The van der Waals surface area contributed by atoms with E-state index >= 15 is 0 Å². The Labute approximate surface area is 185 Å². The van der Waals surface area contributed by atoms with Gasteiger partial charge in [0.1, 0.15) is 5.75 Å². The van der Waals surface area contributed by atoms with E-state index in [9.17, 15) is 4.79 Å². The van der Waals surface area contributed by atoms with E-state index in [1.807, 2.05) is 42.2 Å². The minimum atomic E-state index is 0.145. The van der Waals surface area contributed by atoms with Gasteiger partial charge in [-0.15, -0.1) is 0 Å². The lowest BCUT2D eigenvalue weighted by Gasteiger charge is -2.36. The van der Waals surface area contributed by atoms with Gasteiger partial charge < -0.3 is 24.0 Å². The average Bonchev–Trinajstić information content (AvgIpc) is 2.82. The van der Waals surface area contributed by atoms with Gasteiger partial charge in [0.2, 0.25) is 5.91 Å². The molecule has 0 saturated carbocycles. The van der Waals surface area contributed by atoms with Crippen LogP contribution in [0.1, 0.15) is 12.5 Å². The fraction of sp³-hybridized carbons (Fsp3) is 0.458. The molecule has 0 atom stereocenters. The lowest BCUT2D eigenvalue weighted by atomic mass is 10.2. The second-order valence-electron chi connectivity index (χ2n) is 7.56. The molecule has 0 aromatic heterocycles. The van der Waals surface area contributed by atoms with Crippen molar-refractivity contribution in [1.82, 2.24) is 9.80 Å². The van der Waals surface area contributed by atoms with E-state index in [4.69, 9.17) is 14.2 Å². The van der Waals surface area contributed by atoms with E-state index in [2.05, 4.69) is 21.9 Å². The number of ether oxygens (including phenoxy) is 3. The highest BCUT2D eigenvalue weighted by Crippen LogP contribution is 2.28. The van der Waals surface area contributed by atoms with Crippen LogP contribution in [0.15, 0.2) is 42.5 Å². The van der Waals surface area contributed by atoms with E-state index < -0.39 is 0 Å². The number of carbonyl (C=O) groups is 1. The molecular weight excluding hydrogens is 394 g/mol. The van der Waals surface area contributed by atoms with Gasteiger partial charge in [-0.1, -0.05) is 12.1 Å². The van der Waals surface area contributed by atoms with E-state index in [-0.39, 0.29) is 5.91 Å². The number of amides is 1. The van der Waals surface area contributed by atoms with Gasteiger partial charge in [0, 0.05) is 51.0 Å². The highest BCUT2D eigenvalue weighted by molar-refractivity contribution is 5.78. The summed E-state index contributed by atoms with van der Waals surface area (Å²) in [5.74, 6) is 2.38.